The van der Waals surface area contributed by atoms with Crippen LogP contribution in [0.2, 0.25) is 0 Å². The molecule has 2 rings (SSSR count). The summed E-state index contributed by atoms with van der Waals surface area (Å²) in [7, 11) is 0. The number of para-hydroxylation sites is 2. The number of ether oxygens (including phenoxy) is 1. The standard InChI is InChI=1S/C14H18N4O3/c1-2-21-13(19)7-8-15-14(20)16-9-12-17-10-5-3-4-6-11(10)18-12/h3-6H,2,7-9H2,1H3,(H,17,18)(H2,15,16,20). The SMILES string of the molecule is CCOC(=O)CCNC(=O)NCc1nc2ccccc2[nH]1. The number of H-pyrrole nitrogens is 1. The topological polar surface area (TPSA) is 96.1 Å². The van der Waals surface area contributed by atoms with Crippen LogP contribution < -0.4 is 10.6 Å². The lowest BCUT2D eigenvalue weighted by atomic mass is 10.3. The molecule has 0 aliphatic heterocycles. The molecule has 0 aliphatic carbocycles. The molecule has 0 saturated heterocycles. The first-order valence-electron chi connectivity index (χ1n) is 6.80. The van der Waals surface area contributed by atoms with Crippen LogP contribution in [-0.2, 0) is 16.1 Å². The number of aromatic nitrogens is 2. The van der Waals surface area contributed by atoms with E-state index in [0.29, 0.717) is 19.0 Å². The number of rotatable bonds is 6. The fourth-order valence-corrected chi connectivity index (χ4v) is 1.83. The zero-order valence-corrected chi connectivity index (χ0v) is 11.8. The summed E-state index contributed by atoms with van der Waals surface area (Å²) < 4.78 is 4.76. The number of urea groups is 1. The van der Waals surface area contributed by atoms with E-state index < -0.39 is 0 Å². The van der Waals surface area contributed by atoms with E-state index in [1.165, 1.54) is 0 Å². The summed E-state index contributed by atoms with van der Waals surface area (Å²) in [4.78, 5) is 30.1. The minimum absolute atomic E-state index is 0.159. The van der Waals surface area contributed by atoms with Crippen molar-refractivity contribution < 1.29 is 14.3 Å². The number of carbonyl (C=O) groups excluding carboxylic acids is 2. The van der Waals surface area contributed by atoms with Crippen LogP contribution in [0.25, 0.3) is 11.0 Å². The average molecular weight is 290 g/mol. The average Bonchev–Trinajstić information content (AvgIpc) is 2.88. The van der Waals surface area contributed by atoms with Crippen molar-refractivity contribution in [2.24, 2.45) is 0 Å². The quantitative estimate of drug-likeness (QED) is 0.699. The molecule has 112 valence electrons. The largest absolute Gasteiger partial charge is 0.466 e. The molecule has 0 fully saturated rings. The second-order valence-corrected chi connectivity index (χ2v) is 4.37. The third-order valence-electron chi connectivity index (χ3n) is 2.77. The maximum Gasteiger partial charge on any atom is 0.315 e. The third kappa shape index (κ3) is 4.48. The summed E-state index contributed by atoms with van der Waals surface area (Å²) in [6, 6.07) is 7.29. The summed E-state index contributed by atoms with van der Waals surface area (Å²) in [6.45, 7) is 2.62. The number of carbonyl (C=O) groups is 2. The normalized spacial score (nSPS) is 10.3. The van der Waals surface area contributed by atoms with Crippen molar-refractivity contribution in [3.05, 3.63) is 30.1 Å². The Morgan fingerprint density at radius 3 is 2.86 bits per heavy atom. The Morgan fingerprint density at radius 1 is 1.29 bits per heavy atom. The fraction of sp³-hybridized carbons (Fsp3) is 0.357. The Hall–Kier alpha value is -2.57. The fourth-order valence-electron chi connectivity index (χ4n) is 1.83. The Kier molecular flexibility index (Phi) is 5.14. The molecule has 1 aromatic heterocycles. The molecule has 0 unspecified atom stereocenters. The molecule has 2 aromatic rings. The zero-order valence-electron chi connectivity index (χ0n) is 11.8. The predicted molar refractivity (Wildman–Crippen MR) is 77.6 cm³/mol. The zero-order chi connectivity index (χ0) is 15.1. The van der Waals surface area contributed by atoms with E-state index in [1.807, 2.05) is 24.3 Å². The van der Waals surface area contributed by atoms with Gasteiger partial charge in [-0.2, -0.15) is 0 Å². The van der Waals surface area contributed by atoms with Gasteiger partial charge in [-0.3, -0.25) is 4.79 Å². The van der Waals surface area contributed by atoms with Crippen LogP contribution >= 0.6 is 0 Å². The molecule has 0 spiro atoms. The molecule has 0 radical (unpaired) electrons. The Bertz CT molecular complexity index is 590. The number of hydrogen-bond donors (Lipinski definition) is 3. The van der Waals surface area contributed by atoms with Crippen molar-refractivity contribution in [2.45, 2.75) is 19.9 Å². The number of fused-ring (bicyclic) bond motifs is 1. The van der Waals surface area contributed by atoms with Gasteiger partial charge >= 0.3 is 12.0 Å². The molecule has 7 heteroatoms. The first-order chi connectivity index (χ1) is 10.2. The first kappa shape index (κ1) is 14.8. The molecule has 2 amide bonds. The Labute approximate surface area is 122 Å². The van der Waals surface area contributed by atoms with Crippen molar-refractivity contribution >= 4 is 23.0 Å². The van der Waals surface area contributed by atoms with Gasteiger partial charge in [0.05, 0.1) is 30.6 Å². The molecular weight excluding hydrogens is 272 g/mol. The molecule has 21 heavy (non-hydrogen) atoms. The number of aromatic amines is 1. The molecule has 0 saturated carbocycles. The molecule has 3 N–H and O–H groups in total. The van der Waals surface area contributed by atoms with Crippen LogP contribution in [0.15, 0.2) is 24.3 Å². The van der Waals surface area contributed by atoms with E-state index in [4.69, 9.17) is 4.74 Å². The summed E-state index contributed by atoms with van der Waals surface area (Å²) in [5.74, 6) is 0.354. The van der Waals surface area contributed by atoms with Gasteiger partial charge < -0.3 is 20.4 Å². The summed E-state index contributed by atoms with van der Waals surface area (Å²) in [6.07, 6.45) is 0.159. The molecule has 7 nitrogen and oxygen atoms in total. The van der Waals surface area contributed by atoms with Gasteiger partial charge in [-0.15, -0.1) is 0 Å². The van der Waals surface area contributed by atoms with Crippen LogP contribution in [0, 0.1) is 0 Å². The Balaban J connectivity index is 1.72. The first-order valence-corrected chi connectivity index (χ1v) is 6.80. The van der Waals surface area contributed by atoms with Crippen molar-refractivity contribution in [2.75, 3.05) is 13.2 Å². The van der Waals surface area contributed by atoms with Crippen LogP contribution in [-0.4, -0.2) is 35.1 Å². The van der Waals surface area contributed by atoms with E-state index in [1.54, 1.807) is 6.92 Å². The van der Waals surface area contributed by atoms with E-state index >= 15 is 0 Å². The van der Waals surface area contributed by atoms with E-state index in [-0.39, 0.29) is 25.0 Å². The summed E-state index contributed by atoms with van der Waals surface area (Å²) >= 11 is 0. The van der Waals surface area contributed by atoms with Crippen LogP contribution in [0.1, 0.15) is 19.2 Å². The minimum Gasteiger partial charge on any atom is -0.466 e. The molecule has 0 atom stereocenters. The summed E-state index contributed by atoms with van der Waals surface area (Å²) in [5, 5.41) is 5.25. The van der Waals surface area contributed by atoms with Crippen LogP contribution in [0.4, 0.5) is 4.79 Å². The van der Waals surface area contributed by atoms with Crippen molar-refractivity contribution in [3.8, 4) is 0 Å². The van der Waals surface area contributed by atoms with Gasteiger partial charge in [0.2, 0.25) is 0 Å². The smallest absolute Gasteiger partial charge is 0.315 e. The number of esters is 1. The second kappa shape index (κ2) is 7.28. The van der Waals surface area contributed by atoms with E-state index in [0.717, 1.165) is 11.0 Å². The number of hydrogen-bond acceptors (Lipinski definition) is 4. The number of benzene rings is 1. The highest BCUT2D eigenvalue weighted by Gasteiger charge is 2.06. The highest BCUT2D eigenvalue weighted by Crippen LogP contribution is 2.09. The predicted octanol–water partition coefficient (Wildman–Crippen LogP) is 1.32. The Morgan fingerprint density at radius 2 is 2.10 bits per heavy atom. The van der Waals surface area contributed by atoms with Gasteiger partial charge in [-0.1, -0.05) is 12.1 Å². The molecule has 1 aromatic carbocycles. The number of amides is 2. The highest BCUT2D eigenvalue weighted by molar-refractivity contribution is 5.76. The van der Waals surface area contributed by atoms with Gasteiger partial charge in [-0.05, 0) is 19.1 Å². The van der Waals surface area contributed by atoms with E-state index in [9.17, 15) is 9.59 Å². The minimum atomic E-state index is -0.347. The van der Waals surface area contributed by atoms with Crippen molar-refractivity contribution in [1.29, 1.82) is 0 Å². The van der Waals surface area contributed by atoms with Gasteiger partial charge in [-0.25, -0.2) is 9.78 Å². The van der Waals surface area contributed by atoms with Gasteiger partial charge in [0.1, 0.15) is 5.82 Å². The lowest BCUT2D eigenvalue weighted by molar-refractivity contribution is -0.142. The number of imidazole rings is 1. The maximum absolute atomic E-state index is 11.6. The molecule has 0 aliphatic rings. The monoisotopic (exact) mass is 290 g/mol. The summed E-state index contributed by atoms with van der Waals surface area (Å²) in [5.41, 5.74) is 1.79. The molecule has 1 heterocycles. The lowest BCUT2D eigenvalue weighted by Crippen LogP contribution is -2.36. The maximum atomic E-state index is 11.6. The van der Waals surface area contributed by atoms with Crippen molar-refractivity contribution in [1.82, 2.24) is 20.6 Å². The van der Waals surface area contributed by atoms with E-state index in [2.05, 4.69) is 20.6 Å². The lowest BCUT2D eigenvalue weighted by Gasteiger charge is -2.06. The second-order valence-electron chi connectivity index (χ2n) is 4.37. The van der Waals surface area contributed by atoms with Gasteiger partial charge in [0.15, 0.2) is 0 Å². The van der Waals surface area contributed by atoms with Gasteiger partial charge in [0, 0.05) is 6.54 Å². The van der Waals surface area contributed by atoms with Gasteiger partial charge in [0.25, 0.3) is 0 Å². The van der Waals surface area contributed by atoms with Crippen LogP contribution in [0.5, 0.6) is 0 Å². The van der Waals surface area contributed by atoms with Crippen molar-refractivity contribution in [3.63, 3.8) is 0 Å². The number of nitrogens with one attached hydrogen (secondary N) is 3. The highest BCUT2D eigenvalue weighted by atomic mass is 16.5. The molecule has 0 bridgehead atoms. The van der Waals surface area contributed by atoms with Crippen LogP contribution in [0.3, 0.4) is 0 Å². The molecular formula is C14H18N4O3. The third-order valence-corrected chi connectivity index (χ3v) is 2.77. The number of nitrogens with zero attached hydrogens (tertiary/aromatic N) is 1.